The number of allylic oxidation sites excluding steroid dienone is 1. The minimum atomic E-state index is 0.690. The van der Waals surface area contributed by atoms with Gasteiger partial charge in [-0.2, -0.15) is 0 Å². The molecule has 1 aromatic carbocycles. The normalized spacial score (nSPS) is 20.6. The van der Waals surface area contributed by atoms with E-state index in [-0.39, 0.29) is 0 Å². The lowest BCUT2D eigenvalue weighted by atomic mass is 10.1. The van der Waals surface area contributed by atoms with Crippen LogP contribution in [0.3, 0.4) is 0 Å². The van der Waals surface area contributed by atoms with Gasteiger partial charge in [0.2, 0.25) is 0 Å². The SMILES string of the molecule is Cc1nc2ccc(C3=CCN4C=C(N5CCCN(C)CC5)C=CC4=N3)cc2o1. The van der Waals surface area contributed by atoms with Crippen LogP contribution >= 0.6 is 0 Å². The number of likely N-dealkylation sites (N-methyl/N-ethyl adjacent to an activating group) is 1. The molecule has 6 heteroatoms. The fourth-order valence-corrected chi connectivity index (χ4v) is 4.00. The summed E-state index contributed by atoms with van der Waals surface area (Å²) in [4.78, 5) is 16.4. The van der Waals surface area contributed by atoms with E-state index >= 15 is 0 Å². The van der Waals surface area contributed by atoms with Gasteiger partial charge in [0.05, 0.1) is 11.4 Å². The van der Waals surface area contributed by atoms with Gasteiger partial charge in [-0.15, -0.1) is 0 Å². The highest BCUT2D eigenvalue weighted by molar-refractivity contribution is 6.00. The molecule has 0 spiro atoms. The molecule has 1 saturated heterocycles. The van der Waals surface area contributed by atoms with Crippen molar-refractivity contribution in [1.29, 1.82) is 0 Å². The van der Waals surface area contributed by atoms with Gasteiger partial charge in [0.25, 0.3) is 0 Å². The van der Waals surface area contributed by atoms with Crippen molar-refractivity contribution >= 4 is 22.6 Å². The molecule has 28 heavy (non-hydrogen) atoms. The number of hydrogen-bond donors (Lipinski definition) is 0. The third kappa shape index (κ3) is 3.24. The van der Waals surface area contributed by atoms with Gasteiger partial charge in [0.1, 0.15) is 11.4 Å². The van der Waals surface area contributed by atoms with Crippen LogP contribution in [0, 0.1) is 6.92 Å². The lowest BCUT2D eigenvalue weighted by molar-refractivity contribution is 0.327. The van der Waals surface area contributed by atoms with Crippen LogP contribution in [0.1, 0.15) is 17.9 Å². The first-order valence-electron chi connectivity index (χ1n) is 9.92. The van der Waals surface area contributed by atoms with Crippen LogP contribution in [0.5, 0.6) is 0 Å². The van der Waals surface area contributed by atoms with E-state index in [4.69, 9.17) is 9.41 Å². The smallest absolute Gasteiger partial charge is 0.192 e. The molecule has 0 radical (unpaired) electrons. The van der Waals surface area contributed by atoms with Crippen molar-refractivity contribution in [2.24, 2.45) is 4.99 Å². The highest BCUT2D eigenvalue weighted by Crippen LogP contribution is 2.27. The molecule has 3 aliphatic rings. The Morgan fingerprint density at radius 1 is 1.07 bits per heavy atom. The highest BCUT2D eigenvalue weighted by atomic mass is 16.3. The molecule has 1 fully saturated rings. The van der Waals surface area contributed by atoms with Crippen LogP contribution in [-0.2, 0) is 0 Å². The molecule has 3 aliphatic heterocycles. The van der Waals surface area contributed by atoms with Gasteiger partial charge >= 0.3 is 0 Å². The van der Waals surface area contributed by atoms with Gasteiger partial charge in [-0.1, -0.05) is 6.07 Å². The van der Waals surface area contributed by atoms with E-state index in [0.717, 1.165) is 54.4 Å². The first-order chi connectivity index (χ1) is 13.7. The number of hydrogen-bond acceptors (Lipinski definition) is 6. The number of oxazole rings is 1. The van der Waals surface area contributed by atoms with Crippen molar-refractivity contribution in [2.75, 3.05) is 39.8 Å². The number of aryl methyl sites for hydroxylation is 1. The van der Waals surface area contributed by atoms with Crippen molar-refractivity contribution < 1.29 is 4.42 Å². The second-order valence-electron chi connectivity index (χ2n) is 7.66. The maximum absolute atomic E-state index is 5.68. The van der Waals surface area contributed by atoms with Gasteiger partial charge in [0.15, 0.2) is 11.5 Å². The number of aromatic nitrogens is 1. The lowest BCUT2D eigenvalue weighted by Crippen LogP contribution is -2.34. The Labute approximate surface area is 165 Å². The molecular weight excluding hydrogens is 350 g/mol. The van der Waals surface area contributed by atoms with Gasteiger partial charge in [-0.05, 0) is 50.4 Å². The highest BCUT2D eigenvalue weighted by Gasteiger charge is 2.21. The Morgan fingerprint density at radius 3 is 2.93 bits per heavy atom. The minimum Gasteiger partial charge on any atom is -0.441 e. The fourth-order valence-electron chi connectivity index (χ4n) is 4.00. The second kappa shape index (κ2) is 6.95. The van der Waals surface area contributed by atoms with E-state index in [1.165, 1.54) is 18.7 Å². The molecular formula is C22H25N5O. The minimum absolute atomic E-state index is 0.690. The summed E-state index contributed by atoms with van der Waals surface area (Å²) in [6, 6.07) is 6.10. The lowest BCUT2D eigenvalue weighted by Gasteiger charge is -2.31. The number of aliphatic imine (C=N–C) groups is 1. The third-order valence-electron chi connectivity index (χ3n) is 5.58. The van der Waals surface area contributed by atoms with Crippen molar-refractivity contribution in [2.45, 2.75) is 13.3 Å². The molecule has 4 heterocycles. The van der Waals surface area contributed by atoms with E-state index in [1.807, 2.05) is 19.1 Å². The van der Waals surface area contributed by atoms with Crippen LogP contribution in [-0.4, -0.2) is 65.3 Å². The summed E-state index contributed by atoms with van der Waals surface area (Å²) in [5.74, 6) is 1.68. The zero-order chi connectivity index (χ0) is 19.1. The Balaban J connectivity index is 1.36. The van der Waals surface area contributed by atoms with Crippen LogP contribution in [0.25, 0.3) is 16.8 Å². The Bertz CT molecular complexity index is 1030. The molecule has 0 N–H and O–H groups in total. The number of rotatable bonds is 2. The first kappa shape index (κ1) is 17.3. The standard InChI is InChI=1S/C22H25N5O/c1-16-23-20-6-4-17(14-21(20)28-16)19-8-11-27-15-18(5-7-22(27)24-19)26-10-3-9-25(2)12-13-26/h4-8,14-15H,3,9-13H2,1-2H3. The van der Waals surface area contributed by atoms with Crippen LogP contribution in [0.2, 0.25) is 0 Å². The van der Waals surface area contributed by atoms with Crippen molar-refractivity contribution in [3.8, 4) is 0 Å². The predicted octanol–water partition coefficient (Wildman–Crippen LogP) is 3.24. The number of benzene rings is 1. The Hall–Kier alpha value is -2.86. The summed E-state index contributed by atoms with van der Waals surface area (Å²) < 4.78 is 5.68. The summed E-state index contributed by atoms with van der Waals surface area (Å²) in [5.41, 5.74) is 5.03. The molecule has 1 aromatic heterocycles. The Morgan fingerprint density at radius 2 is 2.00 bits per heavy atom. The van der Waals surface area contributed by atoms with Crippen molar-refractivity contribution in [3.63, 3.8) is 0 Å². The van der Waals surface area contributed by atoms with Gasteiger partial charge in [-0.3, -0.25) is 0 Å². The molecule has 2 aromatic rings. The van der Waals surface area contributed by atoms with E-state index in [2.05, 4.69) is 57.2 Å². The topological polar surface area (TPSA) is 48.1 Å². The van der Waals surface area contributed by atoms with E-state index in [9.17, 15) is 0 Å². The van der Waals surface area contributed by atoms with Crippen molar-refractivity contribution in [3.05, 3.63) is 59.8 Å². The molecule has 6 nitrogen and oxygen atoms in total. The van der Waals surface area contributed by atoms with Crippen LogP contribution in [0.4, 0.5) is 0 Å². The Kier molecular flexibility index (Phi) is 4.28. The molecule has 0 saturated carbocycles. The predicted molar refractivity (Wildman–Crippen MR) is 112 cm³/mol. The zero-order valence-electron chi connectivity index (χ0n) is 16.4. The summed E-state index contributed by atoms with van der Waals surface area (Å²) in [5, 5.41) is 0. The molecule has 144 valence electrons. The fraction of sp³-hybridized carbons (Fsp3) is 0.364. The van der Waals surface area contributed by atoms with Gasteiger partial charge in [0, 0.05) is 44.9 Å². The van der Waals surface area contributed by atoms with Crippen LogP contribution < -0.4 is 0 Å². The largest absolute Gasteiger partial charge is 0.441 e. The quantitative estimate of drug-likeness (QED) is 0.806. The number of amidine groups is 1. The molecule has 0 atom stereocenters. The summed E-state index contributed by atoms with van der Waals surface area (Å²) in [7, 11) is 2.20. The zero-order valence-corrected chi connectivity index (χ0v) is 16.4. The summed E-state index contributed by atoms with van der Waals surface area (Å²) in [6.07, 6.45) is 9.95. The van der Waals surface area contributed by atoms with E-state index < -0.39 is 0 Å². The number of nitrogens with zero attached hydrogens (tertiary/aromatic N) is 5. The first-order valence-corrected chi connectivity index (χ1v) is 9.92. The monoisotopic (exact) mass is 375 g/mol. The second-order valence-corrected chi connectivity index (χ2v) is 7.66. The van der Waals surface area contributed by atoms with Crippen LogP contribution in [0.15, 0.2) is 57.7 Å². The maximum Gasteiger partial charge on any atom is 0.192 e. The average molecular weight is 375 g/mol. The third-order valence-corrected chi connectivity index (χ3v) is 5.58. The molecule has 5 rings (SSSR count). The van der Waals surface area contributed by atoms with E-state index in [1.54, 1.807) is 0 Å². The molecule has 0 unspecified atom stereocenters. The number of fused-ring (bicyclic) bond motifs is 2. The maximum atomic E-state index is 5.68. The van der Waals surface area contributed by atoms with Gasteiger partial charge in [-0.25, -0.2) is 9.98 Å². The molecule has 0 amide bonds. The van der Waals surface area contributed by atoms with Crippen molar-refractivity contribution in [1.82, 2.24) is 19.7 Å². The molecule has 0 bridgehead atoms. The van der Waals surface area contributed by atoms with E-state index in [0.29, 0.717) is 5.89 Å². The molecule has 0 aliphatic carbocycles. The summed E-state index contributed by atoms with van der Waals surface area (Å²) >= 11 is 0. The van der Waals surface area contributed by atoms with Gasteiger partial charge < -0.3 is 19.1 Å². The summed E-state index contributed by atoms with van der Waals surface area (Å²) in [6.45, 7) is 7.16. The average Bonchev–Trinajstić information content (AvgIpc) is 2.94.